The van der Waals surface area contributed by atoms with Crippen LogP contribution in [0.15, 0.2) is 36.0 Å². The summed E-state index contributed by atoms with van der Waals surface area (Å²) in [5.74, 6) is -1.63. The number of carbonyl (C=O) groups excluding carboxylic acids is 2. The number of hydrogen-bond donors (Lipinski definition) is 4. The number of aliphatic carboxylic acids is 1. The molecule has 2 aromatic rings. The van der Waals surface area contributed by atoms with E-state index in [1.807, 2.05) is 78.4 Å². The first-order valence-electron chi connectivity index (χ1n) is 13.8. The van der Waals surface area contributed by atoms with Crippen molar-refractivity contribution < 1.29 is 19.5 Å². The number of nitrogens with two attached hydrogens (primary N) is 1. The van der Waals surface area contributed by atoms with Crippen molar-refractivity contribution in [1.82, 2.24) is 20.1 Å². The van der Waals surface area contributed by atoms with Gasteiger partial charge in [0, 0.05) is 48.7 Å². The lowest BCUT2D eigenvalue weighted by Crippen LogP contribution is -2.61. The second-order valence-electron chi connectivity index (χ2n) is 12.8. The van der Waals surface area contributed by atoms with E-state index in [9.17, 15) is 19.5 Å². The van der Waals surface area contributed by atoms with Crippen LogP contribution in [0.25, 0.3) is 10.9 Å². The lowest BCUT2D eigenvalue weighted by Gasteiger charge is -2.39. The summed E-state index contributed by atoms with van der Waals surface area (Å²) in [4.78, 5) is 40.9. The number of likely N-dealkylation sites (N-methyl/N-ethyl adjacent to an activating group) is 2. The zero-order chi connectivity index (χ0) is 30.7. The molecule has 2 amide bonds. The van der Waals surface area contributed by atoms with Gasteiger partial charge < -0.3 is 30.9 Å². The number of carboxylic acid groups (broad SMARTS) is 1. The minimum absolute atomic E-state index is 0.0327. The Balaban J connectivity index is 2.46. The lowest BCUT2D eigenvalue weighted by molar-refractivity contribution is -0.141. The van der Waals surface area contributed by atoms with Crippen LogP contribution >= 0.6 is 0 Å². The summed E-state index contributed by atoms with van der Waals surface area (Å²) in [6.45, 7) is 15.6. The average molecular weight is 556 g/mol. The van der Waals surface area contributed by atoms with Crippen LogP contribution in [0.1, 0.15) is 66.5 Å². The summed E-state index contributed by atoms with van der Waals surface area (Å²) in [5, 5.41) is 16.7. The molecule has 1 aromatic carbocycles. The van der Waals surface area contributed by atoms with Crippen LogP contribution < -0.4 is 16.4 Å². The third-order valence-electron chi connectivity index (χ3n) is 7.89. The Morgan fingerprint density at radius 2 is 1.73 bits per heavy atom. The number of benzene rings is 1. The zero-order valence-electron chi connectivity index (χ0n) is 26.0. The zero-order valence-corrected chi connectivity index (χ0v) is 26.0. The summed E-state index contributed by atoms with van der Waals surface area (Å²) in [6.07, 6.45) is 3.65. The van der Waals surface area contributed by atoms with Gasteiger partial charge >= 0.3 is 5.97 Å². The average Bonchev–Trinajstić information content (AvgIpc) is 3.20. The number of rotatable bonds is 11. The van der Waals surface area contributed by atoms with E-state index < -0.39 is 34.9 Å². The molecule has 1 heterocycles. The van der Waals surface area contributed by atoms with E-state index in [2.05, 4.69) is 16.7 Å². The number of carbonyl (C=O) groups is 3. The van der Waals surface area contributed by atoms with Crippen LogP contribution in [0.2, 0.25) is 0 Å². The maximum Gasteiger partial charge on any atom is 0.331 e. The molecule has 0 saturated heterocycles. The molecule has 0 aliphatic rings. The van der Waals surface area contributed by atoms with Gasteiger partial charge in [-0.05, 0) is 42.5 Å². The molecule has 40 heavy (non-hydrogen) atoms. The van der Waals surface area contributed by atoms with Crippen molar-refractivity contribution in [3.8, 4) is 0 Å². The van der Waals surface area contributed by atoms with Gasteiger partial charge in [-0.1, -0.05) is 66.7 Å². The highest BCUT2D eigenvalue weighted by molar-refractivity contribution is 5.93. The minimum atomic E-state index is -1.03. The van der Waals surface area contributed by atoms with Gasteiger partial charge in [0.15, 0.2) is 0 Å². The van der Waals surface area contributed by atoms with E-state index in [1.54, 1.807) is 25.1 Å². The monoisotopic (exact) mass is 555 g/mol. The number of nitrogens with one attached hydrogen (secondary N) is 2. The highest BCUT2D eigenvalue weighted by atomic mass is 16.4. The van der Waals surface area contributed by atoms with Gasteiger partial charge in [0.25, 0.3) is 0 Å². The second kappa shape index (κ2) is 12.6. The molecule has 0 saturated carbocycles. The number of aryl methyl sites for hydroxylation is 1. The lowest BCUT2D eigenvalue weighted by atomic mass is 9.76. The highest BCUT2D eigenvalue weighted by Crippen LogP contribution is 2.35. The number of amides is 2. The highest BCUT2D eigenvalue weighted by Gasteiger charge is 2.42. The van der Waals surface area contributed by atoms with Crippen molar-refractivity contribution in [3.63, 3.8) is 0 Å². The minimum Gasteiger partial charge on any atom is -0.478 e. The number of fused-ring (bicyclic) bond motifs is 1. The first-order valence-corrected chi connectivity index (χ1v) is 13.8. The Morgan fingerprint density at radius 3 is 2.20 bits per heavy atom. The fourth-order valence-corrected chi connectivity index (χ4v) is 5.35. The van der Waals surface area contributed by atoms with E-state index in [-0.39, 0.29) is 23.3 Å². The third kappa shape index (κ3) is 6.93. The summed E-state index contributed by atoms with van der Waals surface area (Å²) >= 11 is 0. The van der Waals surface area contributed by atoms with Crippen molar-refractivity contribution in [3.05, 3.63) is 47.2 Å². The molecule has 0 radical (unpaired) electrons. The molecule has 5 N–H and O–H groups in total. The van der Waals surface area contributed by atoms with Crippen LogP contribution in [0.5, 0.6) is 0 Å². The number of nitrogens with zero attached hydrogens (tertiary/aromatic N) is 2. The quantitative estimate of drug-likeness (QED) is 0.314. The van der Waals surface area contributed by atoms with Crippen molar-refractivity contribution in [1.29, 1.82) is 0 Å². The van der Waals surface area contributed by atoms with E-state index >= 15 is 0 Å². The predicted octanol–water partition coefficient (Wildman–Crippen LogP) is 3.55. The number of carboxylic acids is 1. The van der Waals surface area contributed by atoms with E-state index in [0.717, 1.165) is 22.0 Å². The van der Waals surface area contributed by atoms with Gasteiger partial charge in [-0.25, -0.2) is 4.79 Å². The molecule has 0 aliphatic heterocycles. The third-order valence-corrected chi connectivity index (χ3v) is 7.89. The molecule has 9 heteroatoms. The van der Waals surface area contributed by atoms with E-state index in [4.69, 9.17) is 5.73 Å². The van der Waals surface area contributed by atoms with Crippen molar-refractivity contribution in [2.24, 2.45) is 24.1 Å². The largest absolute Gasteiger partial charge is 0.478 e. The summed E-state index contributed by atoms with van der Waals surface area (Å²) in [7, 11) is 5.39. The molecule has 0 bridgehead atoms. The summed E-state index contributed by atoms with van der Waals surface area (Å²) in [5.41, 5.74) is 7.86. The molecule has 0 aliphatic carbocycles. The van der Waals surface area contributed by atoms with Gasteiger partial charge in [0.1, 0.15) is 6.04 Å². The fourth-order valence-electron chi connectivity index (χ4n) is 5.35. The molecule has 9 nitrogen and oxygen atoms in total. The number of hydrogen-bond acceptors (Lipinski definition) is 5. The maximum atomic E-state index is 13.9. The van der Waals surface area contributed by atoms with Gasteiger partial charge in [-0.3, -0.25) is 9.59 Å². The van der Waals surface area contributed by atoms with Crippen molar-refractivity contribution in [2.75, 3.05) is 14.1 Å². The summed E-state index contributed by atoms with van der Waals surface area (Å²) in [6, 6.07) is 4.19. The Morgan fingerprint density at radius 1 is 1.12 bits per heavy atom. The molecule has 0 unspecified atom stereocenters. The SMILES string of the molecule is CN[C@@H](C(=O)N[C@H](C(=O)N(C)[C@H](/C=C(\C)C(=O)O)C(C)C)C(C)(C)C)C(C)(C)c1cn(C)c2cc(CN)ccc12. The van der Waals surface area contributed by atoms with E-state index in [1.165, 1.54) is 6.92 Å². The maximum absolute atomic E-state index is 13.9. The molecule has 3 atom stereocenters. The van der Waals surface area contributed by atoms with Crippen LogP contribution in [-0.4, -0.2) is 64.6 Å². The van der Waals surface area contributed by atoms with Gasteiger partial charge in [0.2, 0.25) is 11.8 Å². The standard InChI is InChI=1S/C31H49N5O4/c1-18(2)23(14-19(3)29(39)40)36(11)28(38)26(30(4,5)6)34-27(37)25(33-9)31(7,8)22-17-35(10)24-15-20(16-32)12-13-21(22)24/h12-15,17-18,23,25-26,33H,16,32H2,1-11H3,(H,34,37)(H,39,40)/b19-14+/t23-,25+,26-/m1/s1. The Labute approximate surface area is 239 Å². The van der Waals surface area contributed by atoms with Crippen molar-refractivity contribution in [2.45, 2.75) is 85.5 Å². The number of aromatic nitrogens is 1. The van der Waals surface area contributed by atoms with Gasteiger partial charge in [0.05, 0.1) is 12.1 Å². The smallest absolute Gasteiger partial charge is 0.331 e. The Kier molecular flexibility index (Phi) is 10.4. The van der Waals surface area contributed by atoms with Crippen LogP contribution in [-0.2, 0) is 33.4 Å². The topological polar surface area (TPSA) is 130 Å². The molecular weight excluding hydrogens is 506 g/mol. The van der Waals surface area contributed by atoms with Crippen LogP contribution in [0.4, 0.5) is 0 Å². The van der Waals surface area contributed by atoms with Gasteiger partial charge in [-0.15, -0.1) is 0 Å². The van der Waals surface area contributed by atoms with Crippen LogP contribution in [0, 0.1) is 11.3 Å². The van der Waals surface area contributed by atoms with Crippen molar-refractivity contribution >= 4 is 28.7 Å². The molecule has 0 fully saturated rings. The molecule has 1 aromatic heterocycles. The first kappa shape index (κ1) is 33.0. The molecule has 222 valence electrons. The fraction of sp³-hybridized carbons (Fsp3) is 0.581. The molecular formula is C31H49N5O4. The van der Waals surface area contributed by atoms with Crippen LogP contribution in [0.3, 0.4) is 0 Å². The van der Waals surface area contributed by atoms with Gasteiger partial charge in [-0.2, -0.15) is 0 Å². The summed E-state index contributed by atoms with van der Waals surface area (Å²) < 4.78 is 2.05. The van der Waals surface area contributed by atoms with E-state index in [0.29, 0.717) is 6.54 Å². The molecule has 0 spiro atoms. The Hall–Kier alpha value is -3.17. The predicted molar refractivity (Wildman–Crippen MR) is 161 cm³/mol. The normalized spacial score (nSPS) is 15.2. The Bertz CT molecular complexity index is 1270. The first-order chi connectivity index (χ1) is 18.4. The second-order valence-corrected chi connectivity index (χ2v) is 12.8. The molecule has 2 rings (SSSR count).